The summed E-state index contributed by atoms with van der Waals surface area (Å²) in [6.07, 6.45) is 0. The van der Waals surface area contributed by atoms with Gasteiger partial charge in [0.15, 0.2) is 0 Å². The van der Waals surface area contributed by atoms with Gasteiger partial charge in [-0.1, -0.05) is 12.1 Å². The van der Waals surface area contributed by atoms with Crippen molar-refractivity contribution in [1.29, 1.82) is 0 Å². The van der Waals surface area contributed by atoms with Crippen LogP contribution in [-0.4, -0.2) is 28.9 Å². The Kier molecular flexibility index (Phi) is 5.49. The minimum atomic E-state index is -4.18. The molecule has 0 bridgehead atoms. The Morgan fingerprint density at radius 2 is 1.73 bits per heavy atom. The van der Waals surface area contributed by atoms with E-state index in [2.05, 4.69) is 4.72 Å². The largest absolute Gasteiger partial charge is 0.495 e. The van der Waals surface area contributed by atoms with E-state index in [-0.39, 0.29) is 11.4 Å². The maximum absolute atomic E-state index is 12.5. The summed E-state index contributed by atoms with van der Waals surface area (Å²) in [7, 11) is -6.65. The fourth-order valence-corrected chi connectivity index (χ4v) is 4.01. The van der Waals surface area contributed by atoms with Crippen LogP contribution in [0.4, 0.5) is 11.4 Å². The highest BCUT2D eigenvalue weighted by atomic mass is 32.2. The number of sulfonamides is 2. The highest BCUT2D eigenvalue weighted by Crippen LogP contribution is 2.29. The lowest BCUT2D eigenvalue weighted by atomic mass is 10.2. The number of hydrogen-bond acceptors (Lipinski definition) is 7. The number of anilines is 1. The van der Waals surface area contributed by atoms with Gasteiger partial charge in [0.2, 0.25) is 10.0 Å². The number of non-ortho nitro benzene ring substituents is 1. The van der Waals surface area contributed by atoms with E-state index in [9.17, 15) is 26.9 Å². The maximum Gasteiger partial charge on any atom is 0.271 e. The molecule has 10 nitrogen and oxygen atoms in total. The summed E-state index contributed by atoms with van der Waals surface area (Å²) in [5, 5.41) is 15.8. The summed E-state index contributed by atoms with van der Waals surface area (Å²) in [6.45, 7) is 0. The van der Waals surface area contributed by atoms with E-state index < -0.39 is 41.3 Å². The Balaban J connectivity index is 2.34. The van der Waals surface area contributed by atoms with E-state index in [1.807, 2.05) is 0 Å². The number of nitrogens with one attached hydrogen (secondary N) is 1. The van der Waals surface area contributed by atoms with Crippen molar-refractivity contribution in [3.05, 3.63) is 58.1 Å². The van der Waals surface area contributed by atoms with Gasteiger partial charge in [0.25, 0.3) is 15.7 Å². The SMILES string of the molecule is COc1ccc([N+](=O)[O-])cc1S(=O)(=O)Nc1ccc(CS(N)(=O)=O)cc1. The molecule has 0 saturated carbocycles. The molecule has 3 N–H and O–H groups in total. The number of rotatable bonds is 7. The van der Waals surface area contributed by atoms with Crippen molar-refractivity contribution in [2.24, 2.45) is 5.14 Å². The number of nitrogens with two attached hydrogens (primary N) is 1. The van der Waals surface area contributed by atoms with Gasteiger partial charge in [-0.05, 0) is 23.8 Å². The molecule has 0 amide bonds. The Morgan fingerprint density at radius 3 is 2.23 bits per heavy atom. The van der Waals surface area contributed by atoms with Crippen LogP contribution >= 0.6 is 0 Å². The molecule has 12 heteroatoms. The van der Waals surface area contributed by atoms with Crippen LogP contribution in [0.25, 0.3) is 0 Å². The summed E-state index contributed by atoms with van der Waals surface area (Å²) >= 11 is 0. The number of ether oxygens (including phenoxy) is 1. The molecule has 2 rings (SSSR count). The zero-order valence-electron chi connectivity index (χ0n) is 13.4. The van der Waals surface area contributed by atoms with Crippen LogP contribution in [0.1, 0.15) is 5.56 Å². The van der Waals surface area contributed by atoms with Crippen molar-refractivity contribution in [1.82, 2.24) is 0 Å². The normalized spacial score (nSPS) is 11.8. The fourth-order valence-electron chi connectivity index (χ4n) is 2.10. The van der Waals surface area contributed by atoms with Crippen LogP contribution < -0.4 is 14.6 Å². The standard InChI is InChI=1S/C14H15N3O7S2/c1-24-13-7-6-12(17(18)19)8-14(13)26(22,23)16-11-4-2-10(3-5-11)9-25(15,20)21/h2-8,16H,9H2,1H3,(H2,15,20,21). The minimum Gasteiger partial charge on any atom is -0.495 e. The topological polar surface area (TPSA) is 159 Å². The van der Waals surface area contributed by atoms with Gasteiger partial charge < -0.3 is 4.74 Å². The molecule has 0 aliphatic carbocycles. The summed E-state index contributed by atoms with van der Waals surface area (Å²) < 4.78 is 54.4. The predicted octanol–water partition coefficient (Wildman–Crippen LogP) is 1.19. The number of nitrogens with zero attached hydrogens (tertiary/aromatic N) is 1. The second kappa shape index (κ2) is 7.27. The van der Waals surface area contributed by atoms with Gasteiger partial charge in [-0.2, -0.15) is 0 Å². The number of nitro benzene ring substituents is 1. The molecule has 26 heavy (non-hydrogen) atoms. The predicted molar refractivity (Wildman–Crippen MR) is 93.7 cm³/mol. The monoisotopic (exact) mass is 401 g/mol. The molecule has 0 heterocycles. The average molecular weight is 401 g/mol. The van der Waals surface area contributed by atoms with Gasteiger partial charge in [-0.3, -0.25) is 14.8 Å². The zero-order chi connectivity index (χ0) is 19.5. The van der Waals surface area contributed by atoms with Gasteiger partial charge in [0.1, 0.15) is 10.6 Å². The van der Waals surface area contributed by atoms with Gasteiger partial charge in [-0.15, -0.1) is 0 Å². The smallest absolute Gasteiger partial charge is 0.271 e. The average Bonchev–Trinajstić information content (AvgIpc) is 2.54. The lowest BCUT2D eigenvalue weighted by molar-refractivity contribution is -0.385. The van der Waals surface area contributed by atoms with Crippen molar-refractivity contribution in [3.63, 3.8) is 0 Å². The molecule has 0 saturated heterocycles. The van der Waals surface area contributed by atoms with Crippen LogP contribution in [0.3, 0.4) is 0 Å². The molecule has 0 fully saturated rings. The van der Waals surface area contributed by atoms with Crippen molar-refractivity contribution in [3.8, 4) is 5.75 Å². The first-order chi connectivity index (χ1) is 12.0. The molecule has 0 spiro atoms. The maximum atomic E-state index is 12.5. The van der Waals surface area contributed by atoms with Crippen LogP contribution in [0, 0.1) is 10.1 Å². The van der Waals surface area contributed by atoms with Crippen molar-refractivity contribution in [2.75, 3.05) is 11.8 Å². The van der Waals surface area contributed by atoms with Crippen molar-refractivity contribution >= 4 is 31.4 Å². The molecule has 0 atom stereocenters. The van der Waals surface area contributed by atoms with E-state index in [1.54, 1.807) is 0 Å². The molecule has 0 aliphatic heterocycles. The molecule has 0 aliphatic rings. The minimum absolute atomic E-state index is 0.0612. The molecule has 0 unspecified atom stereocenters. The van der Waals surface area contributed by atoms with E-state index >= 15 is 0 Å². The van der Waals surface area contributed by atoms with Crippen LogP contribution in [0.15, 0.2) is 47.4 Å². The third-order valence-electron chi connectivity index (χ3n) is 3.22. The zero-order valence-corrected chi connectivity index (χ0v) is 15.1. The summed E-state index contributed by atoms with van der Waals surface area (Å²) in [5.41, 5.74) is 0.106. The van der Waals surface area contributed by atoms with Crippen molar-refractivity contribution < 1.29 is 26.5 Å². The number of methoxy groups -OCH3 is 1. The summed E-state index contributed by atoms with van der Waals surface area (Å²) in [5.74, 6) is -0.451. The first kappa shape index (κ1) is 19.6. The molecule has 140 valence electrons. The lowest BCUT2D eigenvalue weighted by Gasteiger charge is -2.12. The first-order valence-corrected chi connectivity index (χ1v) is 10.2. The number of benzene rings is 2. The molecular formula is C14H15N3O7S2. The Morgan fingerprint density at radius 1 is 1.12 bits per heavy atom. The highest BCUT2D eigenvalue weighted by molar-refractivity contribution is 7.92. The van der Waals surface area contributed by atoms with Gasteiger partial charge >= 0.3 is 0 Å². The van der Waals surface area contributed by atoms with E-state index in [0.29, 0.717) is 5.56 Å². The van der Waals surface area contributed by atoms with Crippen LogP contribution in [0.5, 0.6) is 5.75 Å². The molecule has 2 aromatic carbocycles. The Labute approximate surface area is 149 Å². The summed E-state index contributed by atoms with van der Waals surface area (Å²) in [4.78, 5) is 9.76. The quantitative estimate of drug-likeness (QED) is 0.520. The third-order valence-corrected chi connectivity index (χ3v) is 5.36. The van der Waals surface area contributed by atoms with E-state index in [0.717, 1.165) is 12.1 Å². The molecule has 0 aromatic heterocycles. The van der Waals surface area contributed by atoms with Crippen LogP contribution in [0.2, 0.25) is 0 Å². The highest BCUT2D eigenvalue weighted by Gasteiger charge is 2.23. The Bertz CT molecular complexity index is 1030. The number of nitro groups is 1. The Hall–Kier alpha value is -2.70. The summed E-state index contributed by atoms with van der Waals surface area (Å²) in [6, 6.07) is 8.68. The molecular weight excluding hydrogens is 386 g/mol. The number of primary sulfonamides is 1. The van der Waals surface area contributed by atoms with Gasteiger partial charge in [-0.25, -0.2) is 22.0 Å². The van der Waals surface area contributed by atoms with Crippen molar-refractivity contribution in [2.45, 2.75) is 10.6 Å². The third kappa shape index (κ3) is 4.91. The van der Waals surface area contributed by atoms with Crippen LogP contribution in [-0.2, 0) is 25.8 Å². The van der Waals surface area contributed by atoms with Gasteiger partial charge in [0.05, 0.1) is 17.8 Å². The lowest BCUT2D eigenvalue weighted by Crippen LogP contribution is -2.15. The fraction of sp³-hybridized carbons (Fsp3) is 0.143. The number of hydrogen-bond donors (Lipinski definition) is 2. The molecule has 0 radical (unpaired) electrons. The second-order valence-electron chi connectivity index (χ2n) is 5.20. The first-order valence-electron chi connectivity index (χ1n) is 6.96. The molecule has 2 aromatic rings. The second-order valence-corrected chi connectivity index (χ2v) is 8.47. The van der Waals surface area contributed by atoms with Gasteiger partial charge in [0, 0.05) is 17.8 Å². The van der Waals surface area contributed by atoms with E-state index in [1.165, 1.54) is 37.4 Å². The van der Waals surface area contributed by atoms with E-state index in [4.69, 9.17) is 9.88 Å².